The van der Waals surface area contributed by atoms with Crippen molar-refractivity contribution in [2.75, 3.05) is 7.11 Å². The Hall–Kier alpha value is -5.99. The number of nitrogens with one attached hydrogen (secondary N) is 6. The second-order valence-corrected chi connectivity index (χ2v) is 15.0. The molecule has 0 fully saturated rings. The van der Waals surface area contributed by atoms with E-state index in [4.69, 9.17) is 9.47 Å². The van der Waals surface area contributed by atoms with Gasteiger partial charge in [-0.15, -0.1) is 0 Å². The van der Waals surface area contributed by atoms with Crippen molar-refractivity contribution in [3.05, 3.63) is 83.2 Å². The highest BCUT2D eigenvalue weighted by atomic mass is 16.6. The Morgan fingerprint density at radius 3 is 1.37 bits per heavy atom. The fourth-order valence-corrected chi connectivity index (χ4v) is 4.39. The first-order chi connectivity index (χ1) is 24.9. The summed E-state index contributed by atoms with van der Waals surface area (Å²) in [6.45, 7) is 14.9. The number of alkyl carbamates (subject to hydrolysis) is 1. The Kier molecular flexibility index (Phi) is 14.9. The number of carbonyl (C=O) groups excluding carboxylic acids is 7. The van der Waals surface area contributed by atoms with Crippen LogP contribution < -0.4 is 31.9 Å². The average Bonchev–Trinajstić information content (AvgIpc) is 3.06. The van der Waals surface area contributed by atoms with E-state index >= 15 is 0 Å². The Labute approximate surface area is 316 Å². The molecule has 0 spiro atoms. The molecule has 2 aromatic rings. The first-order valence-electron chi connectivity index (χ1n) is 17.1. The average molecular weight is 749 g/mol. The van der Waals surface area contributed by atoms with Crippen LogP contribution in [-0.4, -0.2) is 77.0 Å². The Morgan fingerprint density at radius 1 is 0.593 bits per heavy atom. The van der Waals surface area contributed by atoms with Crippen LogP contribution in [0.15, 0.2) is 72.1 Å². The molecule has 292 valence electrons. The Bertz CT molecular complexity index is 1780. The number of ether oxygens (including phenoxy) is 2. The highest BCUT2D eigenvalue weighted by Crippen LogP contribution is 2.14. The largest absolute Gasteiger partial charge is 0.467 e. The molecule has 15 heteroatoms. The number of benzene rings is 2. The maximum absolute atomic E-state index is 13.8. The molecule has 0 heterocycles. The Balaban J connectivity index is 2.34. The van der Waals surface area contributed by atoms with Gasteiger partial charge in [0.15, 0.2) is 0 Å². The quantitative estimate of drug-likeness (QED) is 0.124. The van der Waals surface area contributed by atoms with Crippen LogP contribution in [0.2, 0.25) is 0 Å². The van der Waals surface area contributed by atoms with Crippen molar-refractivity contribution >= 4 is 53.8 Å². The summed E-state index contributed by atoms with van der Waals surface area (Å²) >= 11 is 0. The maximum atomic E-state index is 13.8. The number of hydrogen-bond donors (Lipinski definition) is 6. The van der Waals surface area contributed by atoms with Gasteiger partial charge in [-0.2, -0.15) is 0 Å². The van der Waals surface area contributed by atoms with E-state index in [0.717, 1.165) is 0 Å². The molecule has 2 rings (SSSR count). The van der Waals surface area contributed by atoms with Crippen molar-refractivity contribution in [3.8, 4) is 0 Å². The van der Waals surface area contributed by atoms with E-state index in [0.29, 0.717) is 11.1 Å². The molecule has 0 saturated carbocycles. The van der Waals surface area contributed by atoms with E-state index in [1.54, 1.807) is 81.4 Å². The van der Waals surface area contributed by atoms with Gasteiger partial charge in [0.05, 0.1) is 7.11 Å². The minimum atomic E-state index is -1.70. The highest BCUT2D eigenvalue weighted by Gasteiger charge is 2.37. The zero-order valence-corrected chi connectivity index (χ0v) is 32.7. The lowest BCUT2D eigenvalue weighted by Crippen LogP contribution is -2.60. The van der Waals surface area contributed by atoms with Crippen LogP contribution >= 0.6 is 0 Å². The molecule has 1 atom stereocenters. The molecule has 2 aromatic carbocycles. The van der Waals surface area contributed by atoms with Crippen molar-refractivity contribution < 1.29 is 43.0 Å². The first-order valence-corrected chi connectivity index (χ1v) is 17.1. The van der Waals surface area contributed by atoms with Gasteiger partial charge >= 0.3 is 12.1 Å². The van der Waals surface area contributed by atoms with Crippen molar-refractivity contribution in [3.63, 3.8) is 0 Å². The number of rotatable bonds is 14. The molecule has 0 bridgehead atoms. The normalized spacial score (nSPS) is 13.0. The van der Waals surface area contributed by atoms with Crippen molar-refractivity contribution in [1.82, 2.24) is 31.9 Å². The van der Waals surface area contributed by atoms with Crippen molar-refractivity contribution in [1.29, 1.82) is 0 Å². The second-order valence-electron chi connectivity index (χ2n) is 15.0. The smallest absolute Gasteiger partial charge is 0.408 e. The summed E-state index contributed by atoms with van der Waals surface area (Å²) in [5, 5.41) is 15.2. The highest BCUT2D eigenvalue weighted by molar-refractivity contribution is 6.08. The molecule has 0 aliphatic carbocycles. The molecule has 0 aliphatic heterocycles. The number of carbonyl (C=O) groups is 7. The predicted octanol–water partition coefficient (Wildman–Crippen LogP) is 3.07. The fraction of sp³-hybridized carbons (Fsp3) is 0.410. The van der Waals surface area contributed by atoms with Gasteiger partial charge in [0.1, 0.15) is 39.7 Å². The third-order valence-corrected chi connectivity index (χ3v) is 7.45. The molecule has 0 saturated heterocycles. The van der Waals surface area contributed by atoms with Crippen LogP contribution in [-0.2, 0) is 38.2 Å². The zero-order chi connectivity index (χ0) is 41.1. The summed E-state index contributed by atoms with van der Waals surface area (Å²) in [5.74, 6) is -4.70. The minimum Gasteiger partial charge on any atom is -0.467 e. The molecule has 54 heavy (non-hydrogen) atoms. The minimum absolute atomic E-state index is 0.230. The second kappa shape index (κ2) is 18.2. The maximum Gasteiger partial charge on any atom is 0.408 e. The van der Waals surface area contributed by atoms with Gasteiger partial charge in [-0.3, -0.25) is 24.0 Å². The number of esters is 1. The Morgan fingerprint density at radius 2 is 0.981 bits per heavy atom. The van der Waals surface area contributed by atoms with E-state index in [1.165, 1.54) is 67.7 Å². The fourth-order valence-electron chi connectivity index (χ4n) is 4.39. The van der Waals surface area contributed by atoms with Gasteiger partial charge in [-0.05, 0) is 92.5 Å². The van der Waals surface area contributed by atoms with Crippen LogP contribution in [0, 0.1) is 0 Å². The topological polar surface area (TPSA) is 210 Å². The van der Waals surface area contributed by atoms with Crippen LogP contribution in [0.5, 0.6) is 0 Å². The van der Waals surface area contributed by atoms with Gasteiger partial charge < -0.3 is 41.4 Å². The van der Waals surface area contributed by atoms with E-state index in [9.17, 15) is 33.6 Å². The molecule has 0 unspecified atom stereocenters. The number of methoxy groups -OCH3 is 1. The number of amides is 6. The summed E-state index contributed by atoms with van der Waals surface area (Å²) in [5.41, 5.74) is -4.97. The molecule has 0 aromatic heterocycles. The molecular weight excluding hydrogens is 696 g/mol. The molecule has 0 aliphatic rings. The molecule has 15 nitrogen and oxygen atoms in total. The van der Waals surface area contributed by atoms with Crippen molar-refractivity contribution in [2.24, 2.45) is 0 Å². The molecule has 6 amide bonds. The lowest BCUT2D eigenvalue weighted by atomic mass is 10.0. The van der Waals surface area contributed by atoms with Crippen molar-refractivity contribution in [2.45, 2.75) is 97.5 Å². The van der Waals surface area contributed by atoms with Crippen LogP contribution in [0.4, 0.5) is 4.79 Å². The summed E-state index contributed by atoms with van der Waals surface area (Å²) in [6, 6.07) is 16.1. The molecule has 0 radical (unpaired) electrons. The zero-order valence-electron chi connectivity index (χ0n) is 32.7. The van der Waals surface area contributed by atoms with Gasteiger partial charge in [0, 0.05) is 0 Å². The standard InChI is InChI=1S/C39H52N6O9/c1-24(40-35(52)54-36(2,3)4)29(46)43-37(5,6)32(49)41-27(22-25-18-14-12-15-19-25)30(47)44-38(7,8)33(50)42-28(23-26-20-16-13-17-21-26)31(48)45-39(9,10)34(51)53-11/h12-24H,1-11H3,(H,40,52)(H,41,49)(H,42,50)(H,43,46)(H,44,47)(H,45,48)/b27-22-,28-23-/t24-/m0/s1. The lowest BCUT2D eigenvalue weighted by Gasteiger charge is -2.29. The lowest BCUT2D eigenvalue weighted by molar-refractivity contribution is -0.149. The summed E-state index contributed by atoms with van der Waals surface area (Å²) in [7, 11) is 1.18. The van der Waals surface area contributed by atoms with Crippen LogP contribution in [0.25, 0.3) is 12.2 Å². The van der Waals surface area contributed by atoms with Gasteiger partial charge in [-0.1, -0.05) is 60.7 Å². The van der Waals surface area contributed by atoms with Gasteiger partial charge in [0.2, 0.25) is 17.7 Å². The van der Waals surface area contributed by atoms with Gasteiger partial charge in [-0.25, -0.2) is 9.59 Å². The summed E-state index contributed by atoms with van der Waals surface area (Å²) in [4.78, 5) is 92.0. The molecular formula is C39H52N6O9. The first kappa shape index (κ1) is 44.2. The summed E-state index contributed by atoms with van der Waals surface area (Å²) < 4.78 is 9.97. The summed E-state index contributed by atoms with van der Waals surface area (Å²) in [6.07, 6.45) is 1.96. The SMILES string of the molecule is COC(=O)C(C)(C)NC(=O)/C(=C/c1ccccc1)NC(=O)C(C)(C)NC(=O)/C(=C/c1ccccc1)NC(=O)C(C)(C)NC(=O)[C@H](C)NC(=O)OC(C)(C)C. The monoisotopic (exact) mass is 748 g/mol. The third kappa shape index (κ3) is 13.9. The predicted molar refractivity (Wildman–Crippen MR) is 203 cm³/mol. The van der Waals surface area contributed by atoms with E-state index < -0.39 is 69.9 Å². The van der Waals surface area contributed by atoms with Crippen LogP contribution in [0.1, 0.15) is 80.4 Å². The van der Waals surface area contributed by atoms with E-state index in [2.05, 4.69) is 31.9 Å². The van der Waals surface area contributed by atoms with Gasteiger partial charge in [0.25, 0.3) is 11.8 Å². The van der Waals surface area contributed by atoms with Crippen LogP contribution in [0.3, 0.4) is 0 Å². The molecule has 6 N–H and O–H groups in total. The van der Waals surface area contributed by atoms with E-state index in [1.807, 2.05) is 0 Å². The third-order valence-electron chi connectivity index (χ3n) is 7.45. The van der Waals surface area contributed by atoms with E-state index in [-0.39, 0.29) is 11.4 Å². The number of hydrogen-bond acceptors (Lipinski definition) is 9.